The molecule has 1 N–H and O–H groups in total. The van der Waals surface area contributed by atoms with Gasteiger partial charge in [-0.25, -0.2) is 0 Å². The zero-order valence-electron chi connectivity index (χ0n) is 8.84. The predicted molar refractivity (Wildman–Crippen MR) is 59.8 cm³/mol. The van der Waals surface area contributed by atoms with Crippen LogP contribution < -0.4 is 4.74 Å². The summed E-state index contributed by atoms with van der Waals surface area (Å²) in [6, 6.07) is 3.06. The van der Waals surface area contributed by atoms with Crippen LogP contribution in [0.3, 0.4) is 0 Å². The molecule has 0 heterocycles. The fourth-order valence-corrected chi connectivity index (χ4v) is 1.29. The van der Waals surface area contributed by atoms with Gasteiger partial charge in [0.15, 0.2) is 17.8 Å². The molecule has 0 fully saturated rings. The second kappa shape index (κ2) is 5.70. The zero-order valence-corrected chi connectivity index (χ0v) is 8.84. The molecule has 0 radical (unpaired) electrons. The Morgan fingerprint density at radius 3 is 2.69 bits per heavy atom. The maximum atomic E-state index is 10.8. The van der Waals surface area contributed by atoms with Gasteiger partial charge >= 0.3 is 0 Å². The first kappa shape index (κ1) is 12.0. The van der Waals surface area contributed by atoms with Crippen molar-refractivity contribution in [3.63, 3.8) is 0 Å². The third kappa shape index (κ3) is 2.48. The summed E-state index contributed by atoms with van der Waals surface area (Å²) in [6.07, 6.45) is 4.69. The number of methoxy groups -OCH3 is 1. The normalized spacial score (nSPS) is 10.3. The van der Waals surface area contributed by atoms with Crippen molar-refractivity contribution < 1.29 is 19.4 Å². The van der Waals surface area contributed by atoms with Crippen molar-refractivity contribution in [2.24, 2.45) is 0 Å². The molecule has 0 bridgehead atoms. The summed E-state index contributed by atoms with van der Waals surface area (Å²) in [5, 5.41) is 9.78. The number of carbonyl (C=O) groups is 2. The van der Waals surface area contributed by atoms with Crippen LogP contribution in [-0.2, 0) is 4.79 Å². The van der Waals surface area contributed by atoms with Crippen LogP contribution in [0, 0.1) is 0 Å². The number of rotatable bonds is 5. The maximum Gasteiger partial charge on any atom is 0.165 e. The number of aromatic hydroxyl groups is 1. The number of hydrogen-bond acceptors (Lipinski definition) is 4. The fraction of sp³-hybridized carbons (Fsp3) is 0.167. The van der Waals surface area contributed by atoms with Crippen LogP contribution in [0.4, 0.5) is 0 Å². The van der Waals surface area contributed by atoms with E-state index in [2.05, 4.69) is 0 Å². The molecular weight excluding hydrogens is 208 g/mol. The number of phenols is 1. The lowest BCUT2D eigenvalue weighted by atomic mass is 10.1. The van der Waals surface area contributed by atoms with Crippen LogP contribution >= 0.6 is 0 Å². The summed E-state index contributed by atoms with van der Waals surface area (Å²) >= 11 is 0. The Bertz CT molecular complexity index is 421. The van der Waals surface area contributed by atoms with Crippen LogP contribution in [0.5, 0.6) is 11.5 Å². The van der Waals surface area contributed by atoms with Crippen LogP contribution in [0.1, 0.15) is 22.3 Å². The SMILES string of the molecule is COc1ccc(C=O)c(C=CCC=O)c1O. The van der Waals surface area contributed by atoms with Crippen LogP contribution in [0.25, 0.3) is 6.08 Å². The van der Waals surface area contributed by atoms with E-state index in [-0.39, 0.29) is 17.9 Å². The largest absolute Gasteiger partial charge is 0.504 e. The van der Waals surface area contributed by atoms with Gasteiger partial charge in [-0.05, 0) is 12.1 Å². The van der Waals surface area contributed by atoms with Crippen LogP contribution in [0.15, 0.2) is 18.2 Å². The van der Waals surface area contributed by atoms with E-state index >= 15 is 0 Å². The zero-order chi connectivity index (χ0) is 12.0. The lowest BCUT2D eigenvalue weighted by molar-refractivity contribution is -0.107. The first-order chi connectivity index (χ1) is 7.74. The highest BCUT2D eigenvalue weighted by molar-refractivity contribution is 5.85. The third-order valence-corrected chi connectivity index (χ3v) is 2.08. The first-order valence-electron chi connectivity index (χ1n) is 4.70. The Hall–Kier alpha value is -2.10. The standard InChI is InChI=1S/C12H12O4/c1-16-11-6-5-9(8-14)10(12(11)15)4-2-3-7-13/h2,4-8,15H,3H2,1H3. The van der Waals surface area contributed by atoms with Gasteiger partial charge in [-0.3, -0.25) is 4.79 Å². The molecule has 84 valence electrons. The van der Waals surface area contributed by atoms with Crippen molar-refractivity contribution in [1.29, 1.82) is 0 Å². The van der Waals surface area contributed by atoms with E-state index in [0.29, 0.717) is 17.4 Å². The van der Waals surface area contributed by atoms with E-state index in [4.69, 9.17) is 4.74 Å². The van der Waals surface area contributed by atoms with Gasteiger partial charge in [0.05, 0.1) is 7.11 Å². The summed E-state index contributed by atoms with van der Waals surface area (Å²) in [5.41, 5.74) is 0.705. The lowest BCUT2D eigenvalue weighted by Gasteiger charge is -2.07. The fourth-order valence-electron chi connectivity index (χ4n) is 1.29. The molecule has 0 spiro atoms. The number of phenolic OH excluding ortho intramolecular Hbond substituents is 1. The maximum absolute atomic E-state index is 10.8. The molecule has 0 aliphatic carbocycles. The summed E-state index contributed by atoms with van der Waals surface area (Å²) in [7, 11) is 1.43. The molecule has 1 rings (SSSR count). The van der Waals surface area contributed by atoms with Crippen LogP contribution in [-0.4, -0.2) is 24.8 Å². The van der Waals surface area contributed by atoms with Gasteiger partial charge in [0.25, 0.3) is 0 Å². The molecule has 0 unspecified atom stereocenters. The van der Waals surface area contributed by atoms with Gasteiger partial charge in [0.1, 0.15) is 6.29 Å². The minimum absolute atomic E-state index is 0.103. The Kier molecular flexibility index (Phi) is 4.27. The molecule has 0 saturated carbocycles. The molecule has 0 atom stereocenters. The molecule has 4 nitrogen and oxygen atoms in total. The summed E-state index contributed by atoms with van der Waals surface area (Å²) in [5.74, 6) is 0.186. The quantitative estimate of drug-likeness (QED) is 0.769. The second-order valence-corrected chi connectivity index (χ2v) is 3.04. The van der Waals surface area contributed by atoms with Gasteiger partial charge < -0.3 is 14.6 Å². The highest BCUT2D eigenvalue weighted by Gasteiger charge is 2.09. The molecule has 1 aromatic carbocycles. The Morgan fingerprint density at radius 2 is 2.12 bits per heavy atom. The Morgan fingerprint density at radius 1 is 1.38 bits per heavy atom. The number of hydrogen-bond donors (Lipinski definition) is 1. The molecule has 0 saturated heterocycles. The van der Waals surface area contributed by atoms with Crippen molar-refractivity contribution in [2.45, 2.75) is 6.42 Å². The third-order valence-electron chi connectivity index (χ3n) is 2.08. The summed E-state index contributed by atoms with van der Waals surface area (Å²) in [6.45, 7) is 0. The molecule has 0 amide bonds. The van der Waals surface area contributed by atoms with Crippen molar-refractivity contribution in [2.75, 3.05) is 7.11 Å². The summed E-state index contributed by atoms with van der Waals surface area (Å²) in [4.78, 5) is 20.9. The van der Waals surface area contributed by atoms with Crippen molar-refractivity contribution in [3.8, 4) is 11.5 Å². The van der Waals surface area contributed by atoms with Crippen LogP contribution in [0.2, 0.25) is 0 Å². The van der Waals surface area contributed by atoms with Crippen molar-refractivity contribution in [1.82, 2.24) is 0 Å². The van der Waals surface area contributed by atoms with Gasteiger partial charge in [-0.2, -0.15) is 0 Å². The highest BCUT2D eigenvalue weighted by atomic mass is 16.5. The minimum Gasteiger partial charge on any atom is -0.504 e. The first-order valence-corrected chi connectivity index (χ1v) is 4.70. The number of aldehydes is 2. The average Bonchev–Trinajstić information content (AvgIpc) is 2.31. The smallest absolute Gasteiger partial charge is 0.165 e. The monoisotopic (exact) mass is 220 g/mol. The van der Waals surface area contributed by atoms with Gasteiger partial charge in [-0.1, -0.05) is 12.2 Å². The minimum atomic E-state index is -0.103. The molecule has 0 aromatic heterocycles. The van der Waals surface area contributed by atoms with Gasteiger partial charge in [0, 0.05) is 17.5 Å². The van der Waals surface area contributed by atoms with E-state index in [1.54, 1.807) is 12.1 Å². The Balaban J connectivity index is 3.20. The van der Waals surface area contributed by atoms with E-state index in [9.17, 15) is 14.7 Å². The van der Waals surface area contributed by atoms with E-state index in [1.165, 1.54) is 19.3 Å². The van der Waals surface area contributed by atoms with E-state index in [0.717, 1.165) is 6.29 Å². The lowest BCUT2D eigenvalue weighted by Crippen LogP contribution is -1.91. The molecule has 0 aliphatic heterocycles. The highest BCUT2D eigenvalue weighted by Crippen LogP contribution is 2.32. The molecular formula is C12H12O4. The number of ether oxygens (including phenoxy) is 1. The van der Waals surface area contributed by atoms with Crippen molar-refractivity contribution in [3.05, 3.63) is 29.3 Å². The molecule has 4 heteroatoms. The predicted octanol–water partition coefficient (Wildman–Crippen LogP) is 1.82. The van der Waals surface area contributed by atoms with E-state index in [1.807, 2.05) is 0 Å². The molecule has 16 heavy (non-hydrogen) atoms. The molecule has 1 aromatic rings. The number of carbonyl (C=O) groups excluding carboxylic acids is 2. The Labute approximate surface area is 93.2 Å². The van der Waals surface area contributed by atoms with E-state index < -0.39 is 0 Å². The van der Waals surface area contributed by atoms with Crippen molar-refractivity contribution >= 4 is 18.6 Å². The van der Waals surface area contributed by atoms with Gasteiger partial charge in [0.2, 0.25) is 0 Å². The molecule has 0 aliphatic rings. The second-order valence-electron chi connectivity index (χ2n) is 3.04. The topological polar surface area (TPSA) is 63.6 Å². The number of allylic oxidation sites excluding steroid dienone is 1. The van der Waals surface area contributed by atoms with Gasteiger partial charge in [-0.15, -0.1) is 0 Å². The summed E-state index contributed by atoms with van der Waals surface area (Å²) < 4.78 is 4.92. The average molecular weight is 220 g/mol. The number of benzene rings is 1.